The minimum atomic E-state index is -0.0442. The average molecular weight is 369 g/mol. The first-order valence-electron chi connectivity index (χ1n) is 9.00. The highest BCUT2D eigenvalue weighted by molar-refractivity contribution is 7.13. The molecule has 3 aromatic heterocycles. The molecule has 6 nitrogen and oxygen atoms in total. The zero-order valence-electron chi connectivity index (χ0n) is 15.1. The van der Waals surface area contributed by atoms with Crippen LogP contribution in [0.2, 0.25) is 0 Å². The Kier molecular flexibility index (Phi) is 4.74. The van der Waals surface area contributed by atoms with Gasteiger partial charge in [-0.25, -0.2) is 4.98 Å². The molecule has 2 N–H and O–H groups in total. The molecule has 1 fully saturated rings. The highest BCUT2D eigenvalue weighted by Crippen LogP contribution is 2.29. The molecule has 4 rings (SSSR count). The Balaban J connectivity index is 1.64. The number of carbonyl (C=O) groups is 1. The molecule has 136 valence electrons. The Hall–Kier alpha value is -2.25. The van der Waals surface area contributed by atoms with Crippen molar-refractivity contribution in [3.05, 3.63) is 34.8 Å². The van der Waals surface area contributed by atoms with Crippen LogP contribution in [0.5, 0.6) is 0 Å². The minimum Gasteiger partial charge on any atom is -0.352 e. The van der Waals surface area contributed by atoms with Crippen molar-refractivity contribution in [3.8, 4) is 10.6 Å². The second-order valence-corrected chi connectivity index (χ2v) is 7.79. The van der Waals surface area contributed by atoms with Gasteiger partial charge in [-0.15, -0.1) is 11.3 Å². The van der Waals surface area contributed by atoms with Gasteiger partial charge in [-0.1, -0.05) is 6.07 Å². The number of nitrogens with one attached hydrogen (secondary N) is 2. The van der Waals surface area contributed by atoms with Crippen molar-refractivity contribution in [2.45, 2.75) is 19.8 Å². The molecule has 0 spiro atoms. The van der Waals surface area contributed by atoms with E-state index in [1.165, 1.54) is 6.42 Å². The number of carbonyl (C=O) groups excluding carboxylic acids is 1. The largest absolute Gasteiger partial charge is 0.352 e. The lowest BCUT2D eigenvalue weighted by molar-refractivity contribution is 0.0953. The molecule has 1 atom stereocenters. The van der Waals surface area contributed by atoms with Gasteiger partial charge in [-0.05, 0) is 56.3 Å². The summed E-state index contributed by atoms with van der Waals surface area (Å²) in [6.45, 7) is 4.76. The Morgan fingerprint density at radius 2 is 2.38 bits per heavy atom. The number of aryl methyl sites for hydroxylation is 2. The SMILES string of the molecule is Cc1nn(C)c2nc(-c3cccs3)cc(C(=O)NCCC3CCNC3)c12. The second-order valence-electron chi connectivity index (χ2n) is 6.84. The molecule has 0 aliphatic carbocycles. The van der Waals surface area contributed by atoms with Crippen LogP contribution in [0.25, 0.3) is 21.6 Å². The molecule has 0 bridgehead atoms. The molecular formula is C19H23N5OS. The summed E-state index contributed by atoms with van der Waals surface area (Å²) in [5.41, 5.74) is 3.06. The van der Waals surface area contributed by atoms with E-state index in [-0.39, 0.29) is 5.91 Å². The van der Waals surface area contributed by atoms with Gasteiger partial charge in [0.05, 0.1) is 27.2 Å². The van der Waals surface area contributed by atoms with Crippen LogP contribution in [0, 0.1) is 12.8 Å². The number of aromatic nitrogens is 3. The summed E-state index contributed by atoms with van der Waals surface area (Å²) in [5.74, 6) is 0.617. The molecule has 1 aliphatic rings. The van der Waals surface area contributed by atoms with Gasteiger partial charge in [0.25, 0.3) is 5.91 Å². The number of amides is 1. The van der Waals surface area contributed by atoms with Gasteiger partial charge in [0.1, 0.15) is 0 Å². The number of fused-ring (bicyclic) bond motifs is 1. The maximum Gasteiger partial charge on any atom is 0.252 e. The van der Waals surface area contributed by atoms with E-state index in [2.05, 4.69) is 15.7 Å². The Morgan fingerprint density at radius 3 is 3.12 bits per heavy atom. The van der Waals surface area contributed by atoms with E-state index in [0.717, 1.165) is 46.8 Å². The first-order valence-corrected chi connectivity index (χ1v) is 9.88. The average Bonchev–Trinajstić information content (AvgIpc) is 3.37. The summed E-state index contributed by atoms with van der Waals surface area (Å²) in [6.07, 6.45) is 2.20. The zero-order chi connectivity index (χ0) is 18.1. The van der Waals surface area contributed by atoms with Gasteiger partial charge in [-0.2, -0.15) is 5.10 Å². The Labute approximate surface area is 156 Å². The third-order valence-electron chi connectivity index (χ3n) is 4.99. The van der Waals surface area contributed by atoms with Crippen molar-refractivity contribution in [1.82, 2.24) is 25.4 Å². The number of hydrogen-bond acceptors (Lipinski definition) is 5. The first-order chi connectivity index (χ1) is 12.6. The van der Waals surface area contributed by atoms with Crippen molar-refractivity contribution in [2.75, 3.05) is 19.6 Å². The summed E-state index contributed by atoms with van der Waals surface area (Å²) in [6, 6.07) is 5.92. The Bertz CT molecular complexity index is 925. The summed E-state index contributed by atoms with van der Waals surface area (Å²) >= 11 is 1.62. The summed E-state index contributed by atoms with van der Waals surface area (Å²) in [5, 5.41) is 13.8. The van der Waals surface area contributed by atoms with Gasteiger partial charge < -0.3 is 10.6 Å². The van der Waals surface area contributed by atoms with E-state index in [9.17, 15) is 4.79 Å². The van der Waals surface area contributed by atoms with Crippen LogP contribution in [0.4, 0.5) is 0 Å². The molecule has 4 heterocycles. The van der Waals surface area contributed by atoms with Gasteiger partial charge in [0.15, 0.2) is 5.65 Å². The summed E-state index contributed by atoms with van der Waals surface area (Å²) in [4.78, 5) is 18.7. The van der Waals surface area contributed by atoms with E-state index in [4.69, 9.17) is 4.98 Å². The predicted molar refractivity (Wildman–Crippen MR) is 104 cm³/mol. The van der Waals surface area contributed by atoms with Crippen LogP contribution in [0.3, 0.4) is 0 Å². The lowest BCUT2D eigenvalue weighted by atomic mass is 10.0. The molecular weight excluding hydrogens is 346 g/mol. The zero-order valence-corrected chi connectivity index (χ0v) is 15.9. The number of rotatable bonds is 5. The van der Waals surface area contributed by atoms with Crippen LogP contribution < -0.4 is 10.6 Å². The third-order valence-corrected chi connectivity index (χ3v) is 5.88. The molecule has 26 heavy (non-hydrogen) atoms. The third kappa shape index (κ3) is 3.24. The van der Waals surface area contributed by atoms with Gasteiger partial charge in [0, 0.05) is 13.6 Å². The highest BCUT2D eigenvalue weighted by Gasteiger charge is 2.20. The standard InChI is InChI=1S/C19H23N5OS/c1-12-17-14(19(25)21-8-6-13-5-7-20-11-13)10-15(16-4-3-9-26-16)22-18(17)24(2)23-12/h3-4,9-10,13,20H,5-8,11H2,1-2H3,(H,21,25). The summed E-state index contributed by atoms with van der Waals surface area (Å²) < 4.78 is 1.75. The van der Waals surface area contributed by atoms with E-state index < -0.39 is 0 Å². The Morgan fingerprint density at radius 1 is 1.50 bits per heavy atom. The van der Waals surface area contributed by atoms with Crippen LogP contribution in [0.1, 0.15) is 28.9 Å². The molecule has 3 aromatic rings. The van der Waals surface area contributed by atoms with Crippen molar-refractivity contribution < 1.29 is 4.79 Å². The number of pyridine rings is 1. The normalized spacial score (nSPS) is 17.1. The fourth-order valence-electron chi connectivity index (χ4n) is 3.62. The fraction of sp³-hybridized carbons (Fsp3) is 0.421. The van der Waals surface area contributed by atoms with Crippen LogP contribution in [0.15, 0.2) is 23.6 Å². The summed E-state index contributed by atoms with van der Waals surface area (Å²) in [7, 11) is 1.87. The molecule has 1 aliphatic heterocycles. The molecule has 1 saturated heterocycles. The minimum absolute atomic E-state index is 0.0442. The topological polar surface area (TPSA) is 71.8 Å². The number of thiophene rings is 1. The molecule has 0 aromatic carbocycles. The molecule has 1 amide bonds. The second kappa shape index (κ2) is 7.17. The van der Waals surface area contributed by atoms with Gasteiger partial charge in [0.2, 0.25) is 0 Å². The first kappa shape index (κ1) is 17.2. The van der Waals surface area contributed by atoms with Crippen molar-refractivity contribution in [2.24, 2.45) is 13.0 Å². The molecule has 0 saturated carbocycles. The van der Waals surface area contributed by atoms with Crippen LogP contribution in [-0.4, -0.2) is 40.3 Å². The quantitative estimate of drug-likeness (QED) is 0.725. The molecule has 7 heteroatoms. The molecule has 0 radical (unpaired) electrons. The maximum absolute atomic E-state index is 12.9. The number of nitrogens with zero attached hydrogens (tertiary/aromatic N) is 3. The highest BCUT2D eigenvalue weighted by atomic mass is 32.1. The molecule has 1 unspecified atom stereocenters. The smallest absolute Gasteiger partial charge is 0.252 e. The predicted octanol–water partition coefficient (Wildman–Crippen LogP) is 2.73. The van der Waals surface area contributed by atoms with Crippen LogP contribution in [-0.2, 0) is 7.05 Å². The lowest BCUT2D eigenvalue weighted by Gasteiger charge is -2.11. The van der Waals surface area contributed by atoms with Crippen molar-refractivity contribution in [3.63, 3.8) is 0 Å². The van der Waals surface area contributed by atoms with E-state index >= 15 is 0 Å². The van der Waals surface area contributed by atoms with Crippen LogP contribution >= 0.6 is 11.3 Å². The van der Waals surface area contributed by atoms with Gasteiger partial charge in [-0.3, -0.25) is 9.48 Å². The number of hydrogen-bond donors (Lipinski definition) is 2. The van der Waals surface area contributed by atoms with E-state index in [1.54, 1.807) is 16.0 Å². The van der Waals surface area contributed by atoms with Crippen molar-refractivity contribution in [1.29, 1.82) is 0 Å². The van der Waals surface area contributed by atoms with E-state index in [1.807, 2.05) is 37.6 Å². The maximum atomic E-state index is 12.9. The van der Waals surface area contributed by atoms with Gasteiger partial charge >= 0.3 is 0 Å². The van der Waals surface area contributed by atoms with E-state index in [0.29, 0.717) is 18.0 Å². The lowest BCUT2D eigenvalue weighted by Crippen LogP contribution is -2.26. The monoisotopic (exact) mass is 369 g/mol. The fourth-order valence-corrected chi connectivity index (χ4v) is 4.31. The van der Waals surface area contributed by atoms with Crippen molar-refractivity contribution >= 4 is 28.3 Å².